The lowest BCUT2D eigenvalue weighted by Gasteiger charge is -2.13. The predicted molar refractivity (Wildman–Crippen MR) is 76.5 cm³/mol. The number of rotatable bonds is 4. The molecule has 1 heterocycles. The third-order valence-corrected chi connectivity index (χ3v) is 3.82. The molecule has 0 saturated carbocycles. The molecule has 0 aliphatic heterocycles. The summed E-state index contributed by atoms with van der Waals surface area (Å²) < 4.78 is 13.5. The second kappa shape index (κ2) is 5.96. The van der Waals surface area contributed by atoms with Gasteiger partial charge in [0.2, 0.25) is 10.1 Å². The van der Waals surface area contributed by atoms with Crippen molar-refractivity contribution in [3.63, 3.8) is 0 Å². The van der Waals surface area contributed by atoms with Crippen molar-refractivity contribution >= 4 is 22.4 Å². The number of nitrogens with zero attached hydrogens (tertiary/aromatic N) is 2. The van der Waals surface area contributed by atoms with Crippen molar-refractivity contribution < 1.29 is 9.18 Å². The Morgan fingerprint density at radius 2 is 2.15 bits per heavy atom. The quantitative estimate of drug-likeness (QED) is 0.909. The molecule has 2 N–H and O–H groups in total. The monoisotopic (exact) mass is 294 g/mol. The van der Waals surface area contributed by atoms with Crippen molar-refractivity contribution in [1.82, 2.24) is 15.5 Å². The van der Waals surface area contributed by atoms with E-state index in [2.05, 4.69) is 20.8 Å². The van der Waals surface area contributed by atoms with Crippen molar-refractivity contribution in [1.29, 1.82) is 0 Å². The number of amides is 1. The summed E-state index contributed by atoms with van der Waals surface area (Å²) in [5.74, 6) is -0.602. The highest BCUT2D eigenvalue weighted by Gasteiger charge is 2.16. The third-order valence-electron chi connectivity index (χ3n) is 2.88. The van der Waals surface area contributed by atoms with Crippen LogP contribution in [0.2, 0.25) is 0 Å². The van der Waals surface area contributed by atoms with E-state index in [0.717, 1.165) is 11.3 Å². The van der Waals surface area contributed by atoms with Crippen LogP contribution in [0.3, 0.4) is 0 Å². The first kappa shape index (κ1) is 14.4. The van der Waals surface area contributed by atoms with Crippen molar-refractivity contribution in [3.8, 4) is 0 Å². The van der Waals surface area contributed by atoms with E-state index in [1.807, 2.05) is 0 Å². The SMILES string of the molecule is CNc1nnc(C(=O)NC(C)c2ccc(C)c(F)c2)s1. The zero-order valence-corrected chi connectivity index (χ0v) is 12.2. The molecule has 5 nitrogen and oxygen atoms in total. The number of benzene rings is 1. The molecule has 0 aliphatic rings. The number of nitrogens with one attached hydrogen (secondary N) is 2. The maximum atomic E-state index is 13.5. The molecule has 1 atom stereocenters. The molecular weight excluding hydrogens is 279 g/mol. The lowest BCUT2D eigenvalue weighted by molar-refractivity contribution is 0.0938. The van der Waals surface area contributed by atoms with Gasteiger partial charge in [-0.2, -0.15) is 0 Å². The fraction of sp³-hybridized carbons (Fsp3) is 0.308. The summed E-state index contributed by atoms with van der Waals surface area (Å²) in [4.78, 5) is 12.0. The minimum absolute atomic E-state index is 0.272. The molecule has 0 spiro atoms. The van der Waals surface area contributed by atoms with Gasteiger partial charge < -0.3 is 10.6 Å². The maximum absolute atomic E-state index is 13.5. The van der Waals surface area contributed by atoms with Crippen molar-refractivity contribution in [2.45, 2.75) is 19.9 Å². The van der Waals surface area contributed by atoms with E-state index >= 15 is 0 Å². The van der Waals surface area contributed by atoms with Crippen molar-refractivity contribution in [2.75, 3.05) is 12.4 Å². The van der Waals surface area contributed by atoms with E-state index in [1.54, 1.807) is 33.0 Å². The molecule has 1 aromatic heterocycles. The summed E-state index contributed by atoms with van der Waals surface area (Å²) >= 11 is 1.16. The fourth-order valence-corrected chi connectivity index (χ4v) is 2.24. The van der Waals surface area contributed by atoms with Gasteiger partial charge in [-0.05, 0) is 31.0 Å². The highest BCUT2D eigenvalue weighted by molar-refractivity contribution is 7.17. The molecular formula is C13H15FN4OS. The largest absolute Gasteiger partial charge is 0.363 e. The molecule has 0 bridgehead atoms. The van der Waals surface area contributed by atoms with Crippen molar-refractivity contribution in [2.24, 2.45) is 0 Å². The molecule has 0 aliphatic carbocycles. The first-order valence-electron chi connectivity index (χ1n) is 6.09. The topological polar surface area (TPSA) is 66.9 Å². The molecule has 7 heteroatoms. The highest BCUT2D eigenvalue weighted by atomic mass is 32.1. The fourth-order valence-electron chi connectivity index (χ4n) is 1.64. The molecule has 106 valence electrons. The Morgan fingerprint density at radius 3 is 2.75 bits per heavy atom. The number of aromatic nitrogens is 2. The van der Waals surface area contributed by atoms with Crippen LogP contribution in [-0.4, -0.2) is 23.2 Å². The average molecular weight is 294 g/mol. The van der Waals surface area contributed by atoms with E-state index in [-0.39, 0.29) is 22.8 Å². The minimum atomic E-state index is -0.322. The number of anilines is 1. The second-order valence-electron chi connectivity index (χ2n) is 4.37. The molecule has 1 unspecified atom stereocenters. The molecule has 0 fully saturated rings. The molecule has 20 heavy (non-hydrogen) atoms. The van der Waals surface area contributed by atoms with Gasteiger partial charge in [-0.25, -0.2) is 4.39 Å². The second-order valence-corrected chi connectivity index (χ2v) is 5.34. The number of hydrogen-bond acceptors (Lipinski definition) is 5. The average Bonchev–Trinajstić information content (AvgIpc) is 2.90. The van der Waals surface area contributed by atoms with Gasteiger partial charge in [0.1, 0.15) is 5.82 Å². The predicted octanol–water partition coefficient (Wildman–Crippen LogP) is 2.52. The summed E-state index contributed by atoms with van der Waals surface area (Å²) in [7, 11) is 1.71. The van der Waals surface area contributed by atoms with Crippen LogP contribution >= 0.6 is 11.3 Å². The van der Waals surface area contributed by atoms with Crippen LogP contribution < -0.4 is 10.6 Å². The van der Waals surface area contributed by atoms with Gasteiger partial charge in [0.05, 0.1) is 6.04 Å². The number of carbonyl (C=O) groups excluding carboxylic acids is 1. The van der Waals surface area contributed by atoms with E-state index < -0.39 is 0 Å². The first-order valence-corrected chi connectivity index (χ1v) is 6.91. The van der Waals surface area contributed by atoms with Gasteiger partial charge in [0.15, 0.2) is 0 Å². The van der Waals surface area contributed by atoms with Gasteiger partial charge in [0.25, 0.3) is 5.91 Å². The summed E-state index contributed by atoms with van der Waals surface area (Å²) in [5, 5.41) is 14.0. The van der Waals surface area contributed by atoms with Gasteiger partial charge in [-0.15, -0.1) is 10.2 Å². The zero-order valence-electron chi connectivity index (χ0n) is 11.4. The summed E-state index contributed by atoms with van der Waals surface area (Å²) in [6, 6.07) is 4.61. The van der Waals surface area contributed by atoms with E-state index in [9.17, 15) is 9.18 Å². The molecule has 0 radical (unpaired) electrons. The van der Waals surface area contributed by atoms with Crippen LogP contribution in [0.4, 0.5) is 9.52 Å². The van der Waals surface area contributed by atoms with Gasteiger partial charge in [-0.3, -0.25) is 4.79 Å². The smallest absolute Gasteiger partial charge is 0.282 e. The van der Waals surface area contributed by atoms with Crippen LogP contribution in [0, 0.1) is 12.7 Å². The lowest BCUT2D eigenvalue weighted by atomic mass is 10.1. The number of carbonyl (C=O) groups is 1. The first-order chi connectivity index (χ1) is 9.51. The Kier molecular flexibility index (Phi) is 4.29. The Labute approximate surface area is 120 Å². The Morgan fingerprint density at radius 1 is 1.40 bits per heavy atom. The molecule has 1 aromatic carbocycles. The van der Waals surface area contributed by atoms with Crippen LogP contribution in [0.15, 0.2) is 18.2 Å². The van der Waals surface area contributed by atoms with E-state index in [0.29, 0.717) is 16.3 Å². The highest BCUT2D eigenvalue weighted by Crippen LogP contribution is 2.18. The maximum Gasteiger partial charge on any atom is 0.282 e. The molecule has 1 amide bonds. The third kappa shape index (κ3) is 3.11. The normalized spacial score (nSPS) is 12.0. The van der Waals surface area contributed by atoms with E-state index in [4.69, 9.17) is 0 Å². The van der Waals surface area contributed by atoms with Gasteiger partial charge in [-0.1, -0.05) is 23.5 Å². The summed E-state index contributed by atoms with van der Waals surface area (Å²) in [5.41, 5.74) is 1.29. The Balaban J connectivity index is 2.08. The number of hydrogen-bond donors (Lipinski definition) is 2. The van der Waals surface area contributed by atoms with E-state index in [1.165, 1.54) is 6.07 Å². The Hall–Kier alpha value is -2.02. The summed E-state index contributed by atoms with van der Waals surface area (Å²) in [6.45, 7) is 3.49. The zero-order chi connectivity index (χ0) is 14.7. The standard InChI is InChI=1S/C13H15FN4OS/c1-7-4-5-9(6-10(7)14)8(2)16-11(19)12-17-18-13(15-3)20-12/h4-6,8H,1-3H3,(H,15,18)(H,16,19). The van der Waals surface area contributed by atoms with Crippen LogP contribution in [0.5, 0.6) is 0 Å². The van der Waals surface area contributed by atoms with Crippen LogP contribution in [-0.2, 0) is 0 Å². The molecule has 2 aromatic rings. The van der Waals surface area contributed by atoms with Gasteiger partial charge >= 0.3 is 0 Å². The molecule has 2 rings (SSSR count). The molecule has 0 saturated heterocycles. The van der Waals surface area contributed by atoms with Crippen LogP contribution in [0.1, 0.15) is 33.9 Å². The lowest BCUT2D eigenvalue weighted by Crippen LogP contribution is -2.26. The minimum Gasteiger partial charge on any atom is -0.363 e. The van der Waals surface area contributed by atoms with Crippen molar-refractivity contribution in [3.05, 3.63) is 40.2 Å². The van der Waals surface area contributed by atoms with Crippen LogP contribution in [0.25, 0.3) is 0 Å². The van der Waals surface area contributed by atoms with Gasteiger partial charge in [0, 0.05) is 7.05 Å². The number of halogens is 1. The number of aryl methyl sites for hydroxylation is 1. The Bertz CT molecular complexity index is 629. The summed E-state index contributed by atoms with van der Waals surface area (Å²) in [6.07, 6.45) is 0.